The summed E-state index contributed by atoms with van der Waals surface area (Å²) in [5, 5.41) is 8.82. The van der Waals surface area contributed by atoms with Crippen LogP contribution in [0.1, 0.15) is 130 Å². The van der Waals surface area contributed by atoms with Crippen molar-refractivity contribution < 1.29 is 28.9 Å². The Morgan fingerprint density at radius 2 is 1.26 bits per heavy atom. The number of carbonyl (C=O) groups excluding carboxylic acids is 1. The molecule has 0 radical (unpaired) electrons. The van der Waals surface area contributed by atoms with Crippen molar-refractivity contribution in [1.29, 1.82) is 0 Å². The summed E-state index contributed by atoms with van der Waals surface area (Å²) in [7, 11) is 1.39. The van der Waals surface area contributed by atoms with Crippen molar-refractivity contribution in [1.82, 2.24) is 0 Å². The zero-order chi connectivity index (χ0) is 25.4. The highest BCUT2D eigenvalue weighted by atomic mass is 16.7. The quantitative estimate of drug-likeness (QED) is 0.0771. The lowest BCUT2D eigenvalue weighted by Crippen LogP contribution is -2.26. The van der Waals surface area contributed by atoms with Gasteiger partial charge in [-0.2, -0.15) is 0 Å². The van der Waals surface area contributed by atoms with Crippen LogP contribution in [-0.2, 0) is 23.8 Å². The van der Waals surface area contributed by atoms with Gasteiger partial charge < -0.3 is 19.3 Å². The average Bonchev–Trinajstić information content (AvgIpc) is 2.79. The number of carboxylic acid groups (broad SMARTS) is 1. The normalized spacial score (nSPS) is 13.5. The van der Waals surface area contributed by atoms with Gasteiger partial charge in [-0.1, -0.05) is 70.6 Å². The molecule has 0 amide bonds. The molecule has 34 heavy (non-hydrogen) atoms. The monoisotopic (exact) mass is 482 g/mol. The fourth-order valence-corrected chi connectivity index (χ4v) is 3.69. The topological polar surface area (TPSA) is 82.1 Å². The smallest absolute Gasteiger partial charge is 0.305 e. The first-order valence-corrected chi connectivity index (χ1v) is 13.5. The number of carbonyl (C=O) groups is 2. The van der Waals surface area contributed by atoms with Gasteiger partial charge in [-0.25, -0.2) is 0 Å². The second-order valence-electron chi connectivity index (χ2n) is 9.23. The van der Waals surface area contributed by atoms with E-state index in [1.165, 1.54) is 64.9 Å². The summed E-state index contributed by atoms with van der Waals surface area (Å²) in [5.74, 6) is 5.32. The van der Waals surface area contributed by atoms with Crippen LogP contribution in [0, 0.1) is 11.8 Å². The molecule has 0 aromatic heterocycles. The summed E-state index contributed by atoms with van der Waals surface area (Å²) in [4.78, 5) is 22.0. The summed E-state index contributed by atoms with van der Waals surface area (Å²) in [6.07, 6.45) is 16.0. The average molecular weight is 483 g/mol. The molecule has 0 aliphatic carbocycles. The van der Waals surface area contributed by atoms with Crippen LogP contribution in [0.5, 0.6) is 0 Å². The number of unbranched alkanes of at least 4 members (excludes halogenated alkanes) is 10. The number of carboxylic acids is 1. The molecule has 0 aromatic carbocycles. The van der Waals surface area contributed by atoms with E-state index in [2.05, 4.69) is 23.5 Å². The first-order valence-electron chi connectivity index (χ1n) is 13.5. The van der Waals surface area contributed by atoms with Crippen LogP contribution < -0.4 is 0 Å². The van der Waals surface area contributed by atoms with E-state index >= 15 is 0 Å². The van der Waals surface area contributed by atoms with Crippen LogP contribution in [0.2, 0.25) is 0 Å². The molecule has 6 heteroatoms. The molecule has 198 valence electrons. The van der Waals surface area contributed by atoms with Crippen molar-refractivity contribution in [3.8, 4) is 11.8 Å². The molecule has 0 aromatic rings. The van der Waals surface area contributed by atoms with Crippen molar-refractivity contribution in [2.75, 3.05) is 7.11 Å². The SMILES string of the molecule is CCCCCCCCCCCCC#CC(OC(C)CCCC(=O)O)OC(C)CCCC(=O)OC. The third-order valence-corrected chi connectivity index (χ3v) is 5.81. The van der Waals surface area contributed by atoms with Gasteiger partial charge in [0.05, 0.1) is 19.3 Å². The second kappa shape index (κ2) is 23.2. The lowest BCUT2D eigenvalue weighted by molar-refractivity contribution is -0.158. The molecule has 0 spiro atoms. The number of hydrogen-bond acceptors (Lipinski definition) is 5. The molecule has 0 saturated carbocycles. The first kappa shape index (κ1) is 32.4. The molecule has 0 saturated heterocycles. The highest BCUT2D eigenvalue weighted by molar-refractivity contribution is 5.69. The van der Waals surface area contributed by atoms with Gasteiger partial charge in [0.2, 0.25) is 6.29 Å². The zero-order valence-electron chi connectivity index (χ0n) is 22.2. The molecule has 6 nitrogen and oxygen atoms in total. The van der Waals surface area contributed by atoms with E-state index in [9.17, 15) is 9.59 Å². The van der Waals surface area contributed by atoms with E-state index < -0.39 is 12.3 Å². The molecule has 0 bridgehead atoms. The largest absolute Gasteiger partial charge is 0.481 e. The maximum atomic E-state index is 11.3. The molecular formula is C28H50O6. The van der Waals surface area contributed by atoms with Crippen molar-refractivity contribution in [2.45, 2.75) is 148 Å². The van der Waals surface area contributed by atoms with Crippen LogP contribution in [0.15, 0.2) is 0 Å². The maximum Gasteiger partial charge on any atom is 0.305 e. The van der Waals surface area contributed by atoms with Gasteiger partial charge >= 0.3 is 11.9 Å². The van der Waals surface area contributed by atoms with Gasteiger partial charge in [0, 0.05) is 19.3 Å². The summed E-state index contributed by atoms with van der Waals surface area (Å²) in [6.45, 7) is 6.12. The Kier molecular flexibility index (Phi) is 22.1. The minimum atomic E-state index is -0.796. The van der Waals surface area contributed by atoms with E-state index in [0.29, 0.717) is 32.1 Å². The van der Waals surface area contributed by atoms with Crippen molar-refractivity contribution >= 4 is 11.9 Å². The molecule has 3 unspecified atom stereocenters. The Hall–Kier alpha value is -1.58. The molecule has 3 atom stereocenters. The number of rotatable bonds is 22. The Labute approximate surface area is 208 Å². The number of ether oxygens (including phenoxy) is 3. The van der Waals surface area contributed by atoms with Gasteiger partial charge in [0.25, 0.3) is 0 Å². The van der Waals surface area contributed by atoms with E-state index in [4.69, 9.17) is 14.6 Å². The molecule has 1 N–H and O–H groups in total. The number of hydrogen-bond donors (Lipinski definition) is 1. The van der Waals surface area contributed by atoms with Crippen molar-refractivity contribution in [2.24, 2.45) is 0 Å². The molecular weight excluding hydrogens is 432 g/mol. The fourth-order valence-electron chi connectivity index (χ4n) is 3.69. The van der Waals surface area contributed by atoms with Crippen molar-refractivity contribution in [3.63, 3.8) is 0 Å². The molecule has 0 heterocycles. The minimum Gasteiger partial charge on any atom is -0.481 e. The van der Waals surface area contributed by atoms with E-state index in [-0.39, 0.29) is 24.6 Å². The number of methoxy groups -OCH3 is 1. The second-order valence-corrected chi connectivity index (χ2v) is 9.23. The zero-order valence-corrected chi connectivity index (χ0v) is 22.2. The molecule has 0 rings (SSSR count). The molecule has 0 aliphatic heterocycles. The lowest BCUT2D eigenvalue weighted by Gasteiger charge is -2.22. The Balaban J connectivity index is 4.33. The Bertz CT molecular complexity index is 565. The van der Waals surface area contributed by atoms with Crippen LogP contribution in [0.4, 0.5) is 0 Å². The predicted molar refractivity (Wildman–Crippen MR) is 136 cm³/mol. The van der Waals surface area contributed by atoms with Gasteiger partial charge in [0.1, 0.15) is 0 Å². The van der Waals surface area contributed by atoms with Gasteiger partial charge in [-0.05, 0) is 51.9 Å². The minimum absolute atomic E-state index is 0.104. The highest BCUT2D eigenvalue weighted by Crippen LogP contribution is 2.14. The van der Waals surface area contributed by atoms with Gasteiger partial charge in [-0.3, -0.25) is 9.59 Å². The van der Waals surface area contributed by atoms with E-state index in [1.54, 1.807) is 0 Å². The van der Waals surface area contributed by atoms with Crippen LogP contribution in [-0.4, -0.2) is 42.7 Å². The van der Waals surface area contributed by atoms with Gasteiger partial charge in [-0.15, -0.1) is 0 Å². The molecule has 0 aliphatic rings. The lowest BCUT2D eigenvalue weighted by atomic mass is 10.1. The third kappa shape index (κ3) is 22.2. The number of aliphatic carboxylic acids is 1. The first-order chi connectivity index (χ1) is 16.4. The molecule has 0 fully saturated rings. The summed E-state index contributed by atoms with van der Waals surface area (Å²) in [5.41, 5.74) is 0. The Morgan fingerprint density at radius 3 is 1.76 bits per heavy atom. The van der Waals surface area contributed by atoms with Crippen LogP contribution in [0.3, 0.4) is 0 Å². The van der Waals surface area contributed by atoms with Crippen molar-refractivity contribution in [3.05, 3.63) is 0 Å². The van der Waals surface area contributed by atoms with E-state index in [0.717, 1.165) is 12.8 Å². The summed E-state index contributed by atoms with van der Waals surface area (Å²) < 4.78 is 16.6. The third-order valence-electron chi connectivity index (χ3n) is 5.81. The summed E-state index contributed by atoms with van der Waals surface area (Å²) >= 11 is 0. The van der Waals surface area contributed by atoms with Crippen LogP contribution >= 0.6 is 0 Å². The van der Waals surface area contributed by atoms with Gasteiger partial charge in [0.15, 0.2) is 0 Å². The standard InChI is InChI=1S/C28H50O6/c1-5-6-7-8-9-10-11-12-13-14-15-16-23-28(33-24(2)19-17-21-26(29)30)34-25(3)20-18-22-27(31)32-4/h24-25,28H,5-15,17-22H2,1-4H3,(H,29,30). The summed E-state index contributed by atoms with van der Waals surface area (Å²) in [6, 6.07) is 0. The predicted octanol–water partition coefficient (Wildman–Crippen LogP) is 7.04. The fraction of sp³-hybridized carbons (Fsp3) is 0.857. The van der Waals surface area contributed by atoms with Crippen LogP contribution in [0.25, 0.3) is 0 Å². The van der Waals surface area contributed by atoms with E-state index in [1.807, 2.05) is 13.8 Å². The number of esters is 1. The Morgan fingerprint density at radius 1 is 0.765 bits per heavy atom. The maximum absolute atomic E-state index is 11.3. The highest BCUT2D eigenvalue weighted by Gasteiger charge is 2.16.